The first-order chi connectivity index (χ1) is 27.5. The van der Waals surface area contributed by atoms with E-state index in [4.69, 9.17) is 0 Å². The maximum Gasteiger partial charge on any atom is 0.252 e. The van der Waals surface area contributed by atoms with Gasteiger partial charge in [-0.3, -0.25) is 0 Å². The van der Waals surface area contributed by atoms with E-state index in [0.29, 0.717) is 0 Å². The molecule has 2 atom stereocenters. The Balaban J connectivity index is 1.29. The summed E-state index contributed by atoms with van der Waals surface area (Å²) in [6.45, 7) is 17.0. The lowest BCUT2D eigenvalue weighted by Crippen LogP contribution is -2.64. The summed E-state index contributed by atoms with van der Waals surface area (Å²) in [4.78, 5) is 5.43. The zero-order valence-electron chi connectivity index (χ0n) is 34.1. The number of rotatable bonds is 3. The average Bonchev–Trinajstić information content (AvgIpc) is 3.80. The second-order valence-electron chi connectivity index (χ2n) is 19.0. The fourth-order valence-electron chi connectivity index (χ4n) is 11.8. The van der Waals surface area contributed by atoms with Crippen LogP contribution in [0.3, 0.4) is 0 Å². The molecule has 5 heteroatoms. The number of nitrogens with zero attached hydrogens (tertiary/aromatic N) is 3. The number of aryl methyl sites for hydroxylation is 2. The molecular formula is C52H48BN3S. The largest absolute Gasteiger partial charge is 0.335 e. The van der Waals surface area contributed by atoms with Gasteiger partial charge in [-0.05, 0) is 114 Å². The lowest BCUT2D eigenvalue weighted by molar-refractivity contribution is 0.195. The van der Waals surface area contributed by atoms with E-state index >= 15 is 0 Å². The lowest BCUT2D eigenvalue weighted by atomic mass is 9.33. The molecule has 6 aromatic carbocycles. The smallest absolute Gasteiger partial charge is 0.252 e. The third-order valence-corrected chi connectivity index (χ3v) is 16.1. The van der Waals surface area contributed by atoms with E-state index < -0.39 is 0 Å². The molecule has 0 saturated heterocycles. The molecule has 5 heterocycles. The van der Waals surface area contributed by atoms with Crippen molar-refractivity contribution in [1.82, 2.24) is 4.57 Å². The predicted molar refractivity (Wildman–Crippen MR) is 246 cm³/mol. The molecule has 57 heavy (non-hydrogen) atoms. The maximum atomic E-state index is 2.88. The van der Waals surface area contributed by atoms with Crippen molar-refractivity contribution in [2.45, 2.75) is 90.5 Å². The van der Waals surface area contributed by atoms with Crippen LogP contribution < -0.4 is 26.2 Å². The van der Waals surface area contributed by atoms with Gasteiger partial charge < -0.3 is 14.4 Å². The molecule has 0 amide bonds. The highest BCUT2D eigenvalue weighted by Crippen LogP contribution is 2.62. The standard InChI is InChI=1S/C52H48BN3S/c1-31-17-8-11-22-40(31)54(41-23-12-9-18-32(41)2)34-29-42-45-43(30-34)56-48-37(51(6)25-14-15-26-52(51,56)7)20-16-21-38(48)53(45)39-28-33(50(3,4)5)27-36-46(39)55(42)47-35-19-10-13-24-44(35)57-49(36)47/h8-13,16-24,27-30H,14-15,25-26H2,1-7H3. The highest BCUT2D eigenvalue weighted by Gasteiger charge is 2.61. The van der Waals surface area contributed by atoms with Gasteiger partial charge in [-0.2, -0.15) is 0 Å². The van der Waals surface area contributed by atoms with Crippen LogP contribution in [0.5, 0.6) is 0 Å². The van der Waals surface area contributed by atoms with Gasteiger partial charge in [-0.15, -0.1) is 11.3 Å². The van der Waals surface area contributed by atoms with Crippen LogP contribution in [0, 0.1) is 13.8 Å². The van der Waals surface area contributed by atoms with Crippen LogP contribution in [0.2, 0.25) is 0 Å². The van der Waals surface area contributed by atoms with Gasteiger partial charge in [0, 0.05) is 49.3 Å². The highest BCUT2D eigenvalue weighted by atomic mass is 32.1. The van der Waals surface area contributed by atoms with E-state index in [1.807, 2.05) is 11.3 Å². The van der Waals surface area contributed by atoms with Gasteiger partial charge in [0.25, 0.3) is 6.71 Å². The number of hydrogen-bond donors (Lipinski definition) is 0. The monoisotopic (exact) mass is 757 g/mol. The van der Waals surface area contributed by atoms with Crippen molar-refractivity contribution >= 4 is 94.1 Å². The molecule has 4 aliphatic rings. The molecule has 0 radical (unpaired) electrons. The number of benzene rings is 6. The molecule has 1 fully saturated rings. The summed E-state index contributed by atoms with van der Waals surface area (Å²) in [6.07, 6.45) is 4.93. The third-order valence-electron chi connectivity index (χ3n) is 14.9. The minimum atomic E-state index is -0.0544. The third kappa shape index (κ3) is 4.18. The lowest BCUT2D eigenvalue weighted by Gasteiger charge is -2.52. The van der Waals surface area contributed by atoms with Gasteiger partial charge in [0.15, 0.2) is 0 Å². The fourth-order valence-corrected chi connectivity index (χ4v) is 13.0. The molecule has 1 saturated carbocycles. The van der Waals surface area contributed by atoms with Gasteiger partial charge in [-0.25, -0.2) is 0 Å². The Morgan fingerprint density at radius 1 is 0.684 bits per heavy atom. The van der Waals surface area contributed by atoms with Crippen LogP contribution in [-0.4, -0.2) is 16.8 Å². The normalized spacial score (nSPS) is 20.3. The summed E-state index contributed by atoms with van der Waals surface area (Å²) in [7, 11) is 0. The first-order valence-electron chi connectivity index (χ1n) is 21.0. The van der Waals surface area contributed by atoms with Crippen molar-refractivity contribution in [2.75, 3.05) is 9.80 Å². The molecule has 0 spiro atoms. The Morgan fingerprint density at radius 2 is 1.37 bits per heavy atom. The van der Waals surface area contributed by atoms with Crippen molar-refractivity contribution in [3.63, 3.8) is 0 Å². The van der Waals surface area contributed by atoms with Gasteiger partial charge in [0.1, 0.15) is 0 Å². The second kappa shape index (κ2) is 11.2. The van der Waals surface area contributed by atoms with E-state index in [1.165, 1.54) is 124 Å². The van der Waals surface area contributed by atoms with Gasteiger partial charge in [0.05, 0.1) is 27.0 Å². The molecule has 12 rings (SSSR count). The number of anilines is 5. The fraction of sp³-hybridized carbons (Fsp3) is 0.269. The minimum absolute atomic E-state index is 0.000414. The topological polar surface area (TPSA) is 11.4 Å². The van der Waals surface area contributed by atoms with E-state index in [-0.39, 0.29) is 23.1 Å². The zero-order valence-corrected chi connectivity index (χ0v) is 34.9. The number of fused-ring (bicyclic) bond motifs is 12. The number of aromatic nitrogens is 1. The van der Waals surface area contributed by atoms with Crippen LogP contribution in [0.25, 0.3) is 36.9 Å². The van der Waals surface area contributed by atoms with Crippen molar-refractivity contribution in [3.8, 4) is 5.69 Å². The summed E-state index contributed by atoms with van der Waals surface area (Å²) in [5, 5.41) is 2.74. The Kier molecular flexibility index (Phi) is 6.67. The molecule has 280 valence electrons. The Bertz CT molecular complexity index is 3010. The van der Waals surface area contributed by atoms with E-state index in [0.717, 1.165) is 0 Å². The number of thiophene rings is 1. The molecule has 8 aromatic rings. The van der Waals surface area contributed by atoms with Crippen LogP contribution >= 0.6 is 11.3 Å². The van der Waals surface area contributed by atoms with E-state index in [9.17, 15) is 0 Å². The molecular weight excluding hydrogens is 709 g/mol. The molecule has 0 N–H and O–H groups in total. The Hall–Kier alpha value is -5.26. The first kappa shape index (κ1) is 33.8. The number of para-hydroxylation sites is 3. The summed E-state index contributed by atoms with van der Waals surface area (Å²) in [6, 6.07) is 44.6. The Morgan fingerprint density at radius 3 is 2.11 bits per heavy atom. The van der Waals surface area contributed by atoms with Crippen LogP contribution in [-0.2, 0) is 10.8 Å². The first-order valence-corrected chi connectivity index (χ1v) is 21.8. The molecule has 1 aliphatic carbocycles. The average molecular weight is 758 g/mol. The summed E-state index contributed by atoms with van der Waals surface area (Å²) in [5.74, 6) is 0. The highest BCUT2D eigenvalue weighted by molar-refractivity contribution is 7.26. The molecule has 3 nitrogen and oxygen atoms in total. The van der Waals surface area contributed by atoms with Gasteiger partial charge in [-0.1, -0.05) is 119 Å². The molecule has 3 aliphatic heterocycles. The van der Waals surface area contributed by atoms with E-state index in [2.05, 4.69) is 178 Å². The van der Waals surface area contributed by atoms with Crippen molar-refractivity contribution in [2.24, 2.45) is 0 Å². The summed E-state index contributed by atoms with van der Waals surface area (Å²) < 4.78 is 5.46. The van der Waals surface area contributed by atoms with Crippen molar-refractivity contribution < 1.29 is 0 Å². The van der Waals surface area contributed by atoms with Crippen LogP contribution in [0.1, 0.15) is 82.6 Å². The SMILES string of the molecule is Cc1ccccc1N(c1cc2c3c(c1)-n1c4c(cc(C(C)(C)C)cc4c4sc5ccccc5c41)B3c1cccc3c1N2C1(C)CCCCC31C)c1ccccc1C. The quantitative estimate of drug-likeness (QED) is 0.166. The Labute approximate surface area is 340 Å². The predicted octanol–water partition coefficient (Wildman–Crippen LogP) is 12.3. The van der Waals surface area contributed by atoms with Crippen LogP contribution in [0.4, 0.5) is 28.4 Å². The van der Waals surface area contributed by atoms with Crippen molar-refractivity contribution in [1.29, 1.82) is 0 Å². The minimum Gasteiger partial charge on any atom is -0.335 e. The van der Waals surface area contributed by atoms with Gasteiger partial charge in [0.2, 0.25) is 0 Å². The number of hydrogen-bond acceptors (Lipinski definition) is 3. The van der Waals surface area contributed by atoms with Crippen molar-refractivity contribution in [3.05, 3.63) is 138 Å². The second-order valence-corrected chi connectivity index (χ2v) is 20.0. The molecule has 2 aromatic heterocycles. The van der Waals surface area contributed by atoms with E-state index in [1.54, 1.807) is 5.56 Å². The van der Waals surface area contributed by atoms with Gasteiger partial charge >= 0.3 is 0 Å². The van der Waals surface area contributed by atoms with Crippen LogP contribution in [0.15, 0.2) is 115 Å². The molecule has 0 bridgehead atoms. The summed E-state index contributed by atoms with van der Waals surface area (Å²) in [5.41, 5.74) is 20.4. The molecule has 2 unspecified atom stereocenters. The summed E-state index contributed by atoms with van der Waals surface area (Å²) >= 11 is 1.97. The maximum absolute atomic E-state index is 2.88. The zero-order chi connectivity index (χ0) is 38.7.